The summed E-state index contributed by atoms with van der Waals surface area (Å²) in [5.41, 5.74) is 1.91. The molecule has 4 heteroatoms. The lowest BCUT2D eigenvalue weighted by atomic mass is 9.84. The fraction of sp³-hybridized carbons (Fsp3) is 0.467. The van der Waals surface area contributed by atoms with Crippen LogP contribution in [0.15, 0.2) is 24.3 Å². The molecule has 1 aliphatic rings. The molecule has 102 valence electrons. The van der Waals surface area contributed by atoms with Gasteiger partial charge in [0.2, 0.25) is 11.8 Å². The molecule has 1 fully saturated rings. The van der Waals surface area contributed by atoms with Gasteiger partial charge in [0.25, 0.3) is 0 Å². The molecular weight excluding hydrogens is 240 g/mol. The molecule has 0 unspecified atom stereocenters. The average Bonchev–Trinajstić information content (AvgIpc) is 2.29. The number of aryl methyl sites for hydroxylation is 1. The molecule has 0 saturated heterocycles. The number of likely N-dealkylation sites (N-methyl/N-ethyl adjacent to an activating group) is 1. The van der Waals surface area contributed by atoms with Gasteiger partial charge in [-0.3, -0.25) is 9.59 Å². The minimum Gasteiger partial charge on any atom is -0.336 e. The number of nitrogens with zero attached hydrogens (tertiary/aromatic N) is 1. The number of rotatable bonds is 4. The van der Waals surface area contributed by atoms with Crippen LogP contribution in [-0.2, 0) is 9.59 Å². The molecule has 4 nitrogen and oxygen atoms in total. The van der Waals surface area contributed by atoms with Gasteiger partial charge in [-0.1, -0.05) is 24.1 Å². The first kappa shape index (κ1) is 13.6. The summed E-state index contributed by atoms with van der Waals surface area (Å²) >= 11 is 0. The first-order valence-corrected chi connectivity index (χ1v) is 6.68. The van der Waals surface area contributed by atoms with Crippen LogP contribution < -0.4 is 5.32 Å². The van der Waals surface area contributed by atoms with Crippen molar-refractivity contribution >= 4 is 17.5 Å². The fourth-order valence-corrected chi connectivity index (χ4v) is 2.10. The molecule has 1 saturated carbocycles. The lowest BCUT2D eigenvalue weighted by Gasteiger charge is -2.28. The maximum absolute atomic E-state index is 11.9. The second kappa shape index (κ2) is 5.87. The lowest BCUT2D eigenvalue weighted by Crippen LogP contribution is -2.40. The van der Waals surface area contributed by atoms with Crippen LogP contribution in [0.1, 0.15) is 24.8 Å². The van der Waals surface area contributed by atoms with Crippen molar-refractivity contribution in [1.29, 1.82) is 0 Å². The summed E-state index contributed by atoms with van der Waals surface area (Å²) < 4.78 is 0. The number of hydrogen-bond donors (Lipinski definition) is 1. The Kier molecular flexibility index (Phi) is 4.20. The SMILES string of the molecule is Cc1ccc(NC(=O)CN(C)C(=O)C2CCC2)cc1. The van der Waals surface area contributed by atoms with E-state index in [0.717, 1.165) is 30.5 Å². The maximum atomic E-state index is 11.9. The van der Waals surface area contributed by atoms with Gasteiger partial charge >= 0.3 is 0 Å². The summed E-state index contributed by atoms with van der Waals surface area (Å²) in [5.74, 6) is 0.0708. The van der Waals surface area contributed by atoms with Gasteiger partial charge in [-0.2, -0.15) is 0 Å². The second-order valence-electron chi connectivity index (χ2n) is 5.24. The van der Waals surface area contributed by atoms with Crippen molar-refractivity contribution in [2.24, 2.45) is 5.92 Å². The normalized spacial score (nSPS) is 14.6. The van der Waals surface area contributed by atoms with Gasteiger partial charge in [0.1, 0.15) is 0 Å². The van der Waals surface area contributed by atoms with Crippen molar-refractivity contribution in [3.8, 4) is 0 Å². The Hall–Kier alpha value is -1.84. The van der Waals surface area contributed by atoms with E-state index in [-0.39, 0.29) is 24.3 Å². The average molecular weight is 260 g/mol. The zero-order chi connectivity index (χ0) is 13.8. The van der Waals surface area contributed by atoms with E-state index in [4.69, 9.17) is 0 Å². The Bertz CT molecular complexity index is 464. The van der Waals surface area contributed by atoms with Crippen LogP contribution in [0.5, 0.6) is 0 Å². The van der Waals surface area contributed by atoms with Crippen molar-refractivity contribution in [1.82, 2.24) is 4.90 Å². The van der Waals surface area contributed by atoms with Gasteiger partial charge < -0.3 is 10.2 Å². The molecule has 0 radical (unpaired) electrons. The summed E-state index contributed by atoms with van der Waals surface area (Å²) in [4.78, 5) is 25.3. The van der Waals surface area contributed by atoms with Crippen LogP contribution in [0.2, 0.25) is 0 Å². The molecule has 0 heterocycles. The number of carbonyl (C=O) groups is 2. The van der Waals surface area contributed by atoms with Gasteiger partial charge in [-0.05, 0) is 31.9 Å². The molecule has 2 rings (SSSR count). The number of carbonyl (C=O) groups excluding carboxylic acids is 2. The predicted octanol–water partition coefficient (Wildman–Crippen LogP) is 2.19. The Morgan fingerprint density at radius 3 is 2.42 bits per heavy atom. The Morgan fingerprint density at radius 1 is 1.26 bits per heavy atom. The van der Waals surface area contributed by atoms with Crippen LogP contribution in [0.3, 0.4) is 0 Å². The van der Waals surface area contributed by atoms with Crippen LogP contribution in [0.4, 0.5) is 5.69 Å². The van der Waals surface area contributed by atoms with E-state index in [9.17, 15) is 9.59 Å². The maximum Gasteiger partial charge on any atom is 0.243 e. The molecule has 2 amide bonds. The summed E-state index contributed by atoms with van der Waals surface area (Å²) in [5, 5.41) is 2.80. The van der Waals surface area contributed by atoms with E-state index >= 15 is 0 Å². The van der Waals surface area contributed by atoms with E-state index in [1.54, 1.807) is 7.05 Å². The van der Waals surface area contributed by atoms with Gasteiger partial charge in [-0.15, -0.1) is 0 Å². The first-order valence-electron chi connectivity index (χ1n) is 6.68. The second-order valence-corrected chi connectivity index (χ2v) is 5.24. The molecule has 0 atom stereocenters. The van der Waals surface area contributed by atoms with E-state index in [0.29, 0.717) is 0 Å². The van der Waals surface area contributed by atoms with Crippen LogP contribution in [-0.4, -0.2) is 30.3 Å². The highest BCUT2D eigenvalue weighted by molar-refractivity contribution is 5.94. The van der Waals surface area contributed by atoms with Crippen molar-refractivity contribution in [3.63, 3.8) is 0 Å². The summed E-state index contributed by atoms with van der Waals surface area (Å²) in [6.45, 7) is 2.11. The molecule has 19 heavy (non-hydrogen) atoms. The van der Waals surface area contributed by atoms with Crippen molar-refractivity contribution < 1.29 is 9.59 Å². The minimum absolute atomic E-state index is 0.0882. The third-order valence-corrected chi connectivity index (χ3v) is 3.55. The number of nitrogens with one attached hydrogen (secondary N) is 1. The number of amides is 2. The Labute approximate surface area is 113 Å². The Morgan fingerprint density at radius 2 is 1.89 bits per heavy atom. The highest BCUT2D eigenvalue weighted by Crippen LogP contribution is 2.27. The third-order valence-electron chi connectivity index (χ3n) is 3.55. The Balaban J connectivity index is 1.83. The molecule has 1 aromatic rings. The third kappa shape index (κ3) is 3.56. The molecule has 1 aliphatic carbocycles. The molecule has 0 aromatic heterocycles. The lowest BCUT2D eigenvalue weighted by molar-refractivity contribution is -0.139. The molecule has 1 N–H and O–H groups in total. The van der Waals surface area contributed by atoms with Gasteiger partial charge in [0, 0.05) is 18.7 Å². The van der Waals surface area contributed by atoms with Crippen molar-refractivity contribution in [3.05, 3.63) is 29.8 Å². The molecule has 0 bridgehead atoms. The standard InChI is InChI=1S/C15H20N2O2/c1-11-6-8-13(9-7-11)16-14(18)10-17(2)15(19)12-4-3-5-12/h6-9,12H,3-5,10H2,1-2H3,(H,16,18). The van der Waals surface area contributed by atoms with E-state index < -0.39 is 0 Å². The van der Waals surface area contributed by atoms with Crippen LogP contribution in [0, 0.1) is 12.8 Å². The predicted molar refractivity (Wildman–Crippen MR) is 74.8 cm³/mol. The zero-order valence-electron chi connectivity index (χ0n) is 11.5. The topological polar surface area (TPSA) is 49.4 Å². The van der Waals surface area contributed by atoms with E-state index in [1.165, 1.54) is 4.90 Å². The highest BCUT2D eigenvalue weighted by Gasteiger charge is 2.28. The highest BCUT2D eigenvalue weighted by atomic mass is 16.2. The minimum atomic E-state index is -0.154. The first-order chi connectivity index (χ1) is 9.06. The van der Waals surface area contributed by atoms with Gasteiger partial charge in [-0.25, -0.2) is 0 Å². The number of hydrogen-bond acceptors (Lipinski definition) is 2. The van der Waals surface area contributed by atoms with Gasteiger partial charge in [0.15, 0.2) is 0 Å². The van der Waals surface area contributed by atoms with E-state index in [2.05, 4.69) is 5.32 Å². The molecule has 0 spiro atoms. The van der Waals surface area contributed by atoms with Crippen molar-refractivity contribution in [2.75, 3.05) is 18.9 Å². The van der Waals surface area contributed by atoms with Gasteiger partial charge in [0.05, 0.1) is 6.54 Å². The summed E-state index contributed by atoms with van der Waals surface area (Å²) in [7, 11) is 1.69. The number of benzene rings is 1. The largest absolute Gasteiger partial charge is 0.336 e. The summed E-state index contributed by atoms with van der Waals surface area (Å²) in [6.07, 6.45) is 3.05. The van der Waals surface area contributed by atoms with Crippen LogP contribution in [0.25, 0.3) is 0 Å². The summed E-state index contributed by atoms with van der Waals surface area (Å²) in [6, 6.07) is 7.61. The molecule has 0 aliphatic heterocycles. The smallest absolute Gasteiger partial charge is 0.243 e. The molecular formula is C15H20N2O2. The quantitative estimate of drug-likeness (QED) is 0.902. The monoisotopic (exact) mass is 260 g/mol. The van der Waals surface area contributed by atoms with Crippen molar-refractivity contribution in [2.45, 2.75) is 26.2 Å². The van der Waals surface area contributed by atoms with Crippen LogP contribution >= 0.6 is 0 Å². The zero-order valence-corrected chi connectivity index (χ0v) is 11.5. The number of anilines is 1. The fourth-order valence-electron chi connectivity index (χ4n) is 2.10. The van der Waals surface area contributed by atoms with E-state index in [1.807, 2.05) is 31.2 Å². The molecule has 1 aromatic carbocycles.